The van der Waals surface area contributed by atoms with Gasteiger partial charge in [0.25, 0.3) is 5.91 Å². The highest BCUT2D eigenvalue weighted by Gasteiger charge is 2.33. The first-order chi connectivity index (χ1) is 14.3. The van der Waals surface area contributed by atoms with E-state index in [1.54, 1.807) is 0 Å². The lowest BCUT2D eigenvalue weighted by atomic mass is 9.69. The topological polar surface area (TPSA) is 52.7 Å². The Hall–Kier alpha value is -2.14. The molecule has 0 aromatic heterocycles. The fourth-order valence-electron chi connectivity index (χ4n) is 4.81. The van der Waals surface area contributed by atoms with Crippen molar-refractivity contribution in [3.05, 3.63) is 47.5 Å². The Balaban J connectivity index is 1.61. The number of carbonyl (C=O) groups excluding carboxylic acids is 2. The molecule has 0 spiro atoms. The highest BCUT2D eigenvalue weighted by molar-refractivity contribution is 5.94. The Kier molecular flexibility index (Phi) is 7.70. The van der Waals surface area contributed by atoms with Crippen molar-refractivity contribution in [2.75, 3.05) is 39.8 Å². The fraction of sp³-hybridized carbons (Fsp3) is 0.600. The predicted octanol–water partition coefficient (Wildman–Crippen LogP) is 3.44. The summed E-state index contributed by atoms with van der Waals surface area (Å²) < 4.78 is 0. The van der Waals surface area contributed by atoms with E-state index in [4.69, 9.17) is 0 Å². The van der Waals surface area contributed by atoms with Gasteiger partial charge in [0.15, 0.2) is 0 Å². The molecule has 3 atom stereocenters. The number of nitrogens with one attached hydrogen (secondary N) is 1. The molecule has 5 nitrogen and oxygen atoms in total. The second-order valence-corrected chi connectivity index (χ2v) is 9.38. The maximum Gasteiger partial charge on any atom is 0.251 e. The van der Waals surface area contributed by atoms with Gasteiger partial charge >= 0.3 is 0 Å². The third kappa shape index (κ3) is 5.72. The molecule has 1 saturated heterocycles. The summed E-state index contributed by atoms with van der Waals surface area (Å²) in [5.41, 5.74) is 2.00. The van der Waals surface area contributed by atoms with Gasteiger partial charge in [-0.3, -0.25) is 9.59 Å². The zero-order valence-corrected chi connectivity index (χ0v) is 18.9. The minimum absolute atomic E-state index is 0.0171. The van der Waals surface area contributed by atoms with Crippen molar-refractivity contribution in [2.24, 2.45) is 23.7 Å². The number of allylic oxidation sites excluding steroid dienone is 1. The van der Waals surface area contributed by atoms with Crippen LogP contribution in [0.3, 0.4) is 0 Å². The van der Waals surface area contributed by atoms with Crippen LogP contribution in [0.4, 0.5) is 0 Å². The number of hydrogen-bond donors (Lipinski definition) is 1. The van der Waals surface area contributed by atoms with Gasteiger partial charge in [-0.15, -0.1) is 0 Å². The molecule has 30 heavy (non-hydrogen) atoms. The monoisotopic (exact) mass is 411 g/mol. The quantitative estimate of drug-likeness (QED) is 0.730. The Bertz CT molecular complexity index is 751. The maximum absolute atomic E-state index is 12.9. The molecule has 1 aromatic rings. The van der Waals surface area contributed by atoms with E-state index in [1.165, 1.54) is 5.57 Å². The van der Waals surface area contributed by atoms with E-state index < -0.39 is 0 Å². The zero-order valence-electron chi connectivity index (χ0n) is 18.9. The molecule has 1 aromatic carbocycles. The van der Waals surface area contributed by atoms with Gasteiger partial charge in [-0.05, 0) is 56.2 Å². The first-order valence-electron chi connectivity index (χ1n) is 11.3. The molecule has 1 fully saturated rings. The van der Waals surface area contributed by atoms with E-state index >= 15 is 0 Å². The maximum atomic E-state index is 12.9. The van der Waals surface area contributed by atoms with E-state index in [0.29, 0.717) is 48.1 Å². The van der Waals surface area contributed by atoms with E-state index in [2.05, 4.69) is 44.1 Å². The lowest BCUT2D eigenvalue weighted by molar-refractivity contribution is -0.133. The molecule has 0 bridgehead atoms. The smallest absolute Gasteiger partial charge is 0.251 e. The van der Waals surface area contributed by atoms with Crippen LogP contribution in [0.5, 0.6) is 0 Å². The van der Waals surface area contributed by atoms with Crippen LogP contribution in [0.2, 0.25) is 0 Å². The molecule has 1 aliphatic carbocycles. The Morgan fingerprint density at radius 2 is 1.77 bits per heavy atom. The molecule has 5 heteroatoms. The molecule has 3 rings (SSSR count). The van der Waals surface area contributed by atoms with Crippen molar-refractivity contribution in [3.8, 4) is 0 Å². The molecule has 2 amide bonds. The second kappa shape index (κ2) is 10.3. The molecule has 1 aliphatic heterocycles. The zero-order chi connectivity index (χ0) is 21.7. The van der Waals surface area contributed by atoms with Gasteiger partial charge in [0, 0.05) is 44.7 Å². The van der Waals surface area contributed by atoms with Gasteiger partial charge in [0.1, 0.15) is 0 Å². The lowest BCUT2D eigenvalue weighted by Gasteiger charge is -2.38. The van der Waals surface area contributed by atoms with E-state index in [9.17, 15) is 9.59 Å². The van der Waals surface area contributed by atoms with Crippen molar-refractivity contribution >= 4 is 11.8 Å². The fourth-order valence-corrected chi connectivity index (χ4v) is 4.81. The first kappa shape index (κ1) is 22.5. The van der Waals surface area contributed by atoms with Crippen LogP contribution in [0.25, 0.3) is 0 Å². The first-order valence-corrected chi connectivity index (χ1v) is 11.3. The predicted molar refractivity (Wildman–Crippen MR) is 121 cm³/mol. The molecule has 0 saturated carbocycles. The van der Waals surface area contributed by atoms with Crippen molar-refractivity contribution < 1.29 is 9.59 Å². The number of nitrogens with zero attached hydrogens (tertiary/aromatic N) is 2. The van der Waals surface area contributed by atoms with Crippen LogP contribution in [0.15, 0.2) is 42.0 Å². The average molecular weight is 412 g/mol. The van der Waals surface area contributed by atoms with Gasteiger partial charge in [-0.1, -0.05) is 43.7 Å². The largest absolute Gasteiger partial charge is 0.351 e. The van der Waals surface area contributed by atoms with E-state index in [0.717, 1.165) is 32.6 Å². The highest BCUT2D eigenvalue weighted by Crippen LogP contribution is 2.39. The third-order valence-corrected chi connectivity index (χ3v) is 6.90. The summed E-state index contributed by atoms with van der Waals surface area (Å²) in [4.78, 5) is 29.6. The Labute approximate surface area is 181 Å². The van der Waals surface area contributed by atoms with E-state index in [1.807, 2.05) is 35.2 Å². The minimum atomic E-state index is -0.0171. The van der Waals surface area contributed by atoms with Gasteiger partial charge in [0.05, 0.1) is 0 Å². The molecule has 164 valence electrons. The average Bonchev–Trinajstić information content (AvgIpc) is 2.74. The van der Waals surface area contributed by atoms with Crippen LogP contribution in [-0.4, -0.2) is 61.4 Å². The molecular formula is C25H37N3O2. The van der Waals surface area contributed by atoms with E-state index in [-0.39, 0.29) is 5.91 Å². The highest BCUT2D eigenvalue weighted by atomic mass is 16.2. The summed E-state index contributed by atoms with van der Waals surface area (Å²) in [5, 5.41) is 3.12. The van der Waals surface area contributed by atoms with Gasteiger partial charge in [-0.2, -0.15) is 0 Å². The van der Waals surface area contributed by atoms with Crippen molar-refractivity contribution in [1.29, 1.82) is 0 Å². The molecule has 1 N–H and O–H groups in total. The second-order valence-electron chi connectivity index (χ2n) is 9.38. The van der Waals surface area contributed by atoms with Crippen molar-refractivity contribution in [2.45, 2.75) is 33.6 Å². The Morgan fingerprint density at radius 3 is 2.40 bits per heavy atom. The molecule has 1 heterocycles. The summed E-state index contributed by atoms with van der Waals surface area (Å²) in [5.74, 6) is 1.87. The number of benzene rings is 1. The molecular weight excluding hydrogens is 374 g/mol. The number of amides is 2. The summed E-state index contributed by atoms with van der Waals surface area (Å²) in [6.45, 7) is 10.9. The number of carbonyl (C=O) groups is 2. The van der Waals surface area contributed by atoms with Crippen LogP contribution in [-0.2, 0) is 4.79 Å². The molecule has 2 aliphatic rings. The molecule has 3 unspecified atom stereocenters. The number of hydrogen-bond acceptors (Lipinski definition) is 3. The summed E-state index contributed by atoms with van der Waals surface area (Å²) >= 11 is 0. The van der Waals surface area contributed by atoms with Crippen LogP contribution in [0.1, 0.15) is 44.0 Å². The van der Waals surface area contributed by atoms with Crippen molar-refractivity contribution in [1.82, 2.24) is 15.1 Å². The van der Waals surface area contributed by atoms with Gasteiger partial charge < -0.3 is 15.1 Å². The number of piperazine rings is 1. The SMILES string of the molecule is CC1=CC(CNC(=O)c2ccccc2)C(C(C)C)CC1CC(=O)N1CCN(C)CC1. The van der Waals surface area contributed by atoms with Crippen LogP contribution < -0.4 is 5.32 Å². The normalized spacial score (nSPS) is 25.2. The summed E-state index contributed by atoms with van der Waals surface area (Å²) in [6, 6.07) is 9.38. The van der Waals surface area contributed by atoms with Crippen LogP contribution >= 0.6 is 0 Å². The number of likely N-dealkylation sites (N-methyl/N-ethyl adjacent to an activating group) is 1. The lowest BCUT2D eigenvalue weighted by Crippen LogP contribution is -2.47. The van der Waals surface area contributed by atoms with Crippen molar-refractivity contribution in [3.63, 3.8) is 0 Å². The summed E-state index contributed by atoms with van der Waals surface area (Å²) in [6.07, 6.45) is 3.95. The minimum Gasteiger partial charge on any atom is -0.351 e. The van der Waals surface area contributed by atoms with Gasteiger partial charge in [-0.25, -0.2) is 0 Å². The summed E-state index contributed by atoms with van der Waals surface area (Å²) in [7, 11) is 2.11. The Morgan fingerprint density at radius 1 is 1.10 bits per heavy atom. The third-order valence-electron chi connectivity index (χ3n) is 6.90. The standard InChI is InChI=1S/C25H37N3O2/c1-18(2)23-15-21(16-24(29)28-12-10-27(4)11-13-28)19(3)14-22(23)17-26-25(30)20-8-6-5-7-9-20/h5-9,14,18,21-23H,10-13,15-17H2,1-4H3,(H,26,30). The van der Waals surface area contributed by atoms with Gasteiger partial charge in [0.2, 0.25) is 5.91 Å². The van der Waals surface area contributed by atoms with Crippen LogP contribution in [0, 0.1) is 23.7 Å². The molecule has 0 radical (unpaired) electrons. The number of rotatable bonds is 6.